The summed E-state index contributed by atoms with van der Waals surface area (Å²) in [5.74, 6) is -4.17. The van der Waals surface area contributed by atoms with Crippen LogP contribution in [0.1, 0.15) is 15.9 Å². The molecule has 2 aromatic rings. The van der Waals surface area contributed by atoms with Crippen molar-refractivity contribution in [1.82, 2.24) is 0 Å². The number of hydrogen-bond acceptors (Lipinski definition) is 6. The number of esters is 1. The van der Waals surface area contributed by atoms with Gasteiger partial charge in [-0.1, -0.05) is 23.9 Å². The predicted octanol–water partition coefficient (Wildman–Crippen LogP) is 3.73. The Morgan fingerprint density at radius 3 is 2.79 bits per heavy atom. The van der Waals surface area contributed by atoms with Crippen LogP contribution in [0.25, 0.3) is 0 Å². The summed E-state index contributed by atoms with van der Waals surface area (Å²) in [5, 5.41) is 13.3. The van der Waals surface area contributed by atoms with Crippen molar-refractivity contribution < 1.29 is 23.1 Å². The number of nitriles is 1. The smallest absolute Gasteiger partial charge is 0.339 e. The fraction of sp³-hybridized carbons (Fsp3) is 0.133. The number of hydrogen-bond donors (Lipinski definition) is 1. The second kappa shape index (κ2) is 8.42. The van der Waals surface area contributed by atoms with Crippen LogP contribution >= 0.6 is 23.1 Å². The van der Waals surface area contributed by atoms with Crippen molar-refractivity contribution in [3.05, 3.63) is 46.8 Å². The number of thiophene rings is 1. The number of carbonyl (C=O) groups excluding carboxylic acids is 2. The molecule has 1 amide bonds. The first kappa shape index (κ1) is 17.9. The molecule has 9 heteroatoms. The van der Waals surface area contributed by atoms with Crippen molar-refractivity contribution in [1.29, 1.82) is 5.26 Å². The average molecular weight is 368 g/mol. The highest BCUT2D eigenvalue weighted by Gasteiger charge is 2.17. The zero-order chi connectivity index (χ0) is 17.5. The number of rotatable bonds is 6. The van der Waals surface area contributed by atoms with Gasteiger partial charge in [0.15, 0.2) is 6.61 Å². The summed E-state index contributed by atoms with van der Waals surface area (Å²) in [7, 11) is 0. The molecule has 0 atom stereocenters. The van der Waals surface area contributed by atoms with Gasteiger partial charge in [-0.05, 0) is 23.6 Å². The van der Waals surface area contributed by atoms with Crippen LogP contribution in [0.4, 0.5) is 13.8 Å². The summed E-state index contributed by atoms with van der Waals surface area (Å²) in [6, 6.07) is 9.21. The minimum absolute atomic E-state index is 0.0376. The van der Waals surface area contributed by atoms with E-state index in [9.17, 15) is 18.4 Å². The van der Waals surface area contributed by atoms with Gasteiger partial charge in [-0.3, -0.25) is 4.79 Å². The second-order valence-electron chi connectivity index (χ2n) is 4.27. The lowest BCUT2D eigenvalue weighted by Gasteiger charge is -2.09. The number of alkyl halides is 2. The third kappa shape index (κ3) is 4.78. The molecule has 0 fully saturated rings. The van der Waals surface area contributed by atoms with Gasteiger partial charge in [-0.15, -0.1) is 11.3 Å². The van der Waals surface area contributed by atoms with Crippen LogP contribution in [0, 0.1) is 11.3 Å². The molecule has 1 aromatic carbocycles. The van der Waals surface area contributed by atoms with Gasteiger partial charge in [0, 0.05) is 4.90 Å². The first-order valence-electron chi connectivity index (χ1n) is 6.49. The van der Waals surface area contributed by atoms with Gasteiger partial charge in [0.1, 0.15) is 11.1 Å². The summed E-state index contributed by atoms with van der Waals surface area (Å²) in [4.78, 5) is 23.8. The first-order chi connectivity index (χ1) is 11.5. The van der Waals surface area contributed by atoms with E-state index in [4.69, 9.17) is 10.00 Å². The number of benzene rings is 1. The summed E-state index contributed by atoms with van der Waals surface area (Å²) in [6.07, 6.45) is 0. The Hall–Kier alpha value is -2.44. The fourth-order valence-corrected chi connectivity index (χ4v) is 3.08. The fourth-order valence-electron chi connectivity index (χ4n) is 1.70. The Kier molecular flexibility index (Phi) is 6.28. The average Bonchev–Trinajstić information content (AvgIpc) is 2.99. The number of ether oxygens (including phenoxy) is 1. The van der Waals surface area contributed by atoms with Crippen LogP contribution in [-0.2, 0) is 9.53 Å². The van der Waals surface area contributed by atoms with Crippen molar-refractivity contribution >= 4 is 40.0 Å². The number of nitrogens with one attached hydrogen (secondary N) is 1. The SMILES string of the molecule is N#Cc1ccsc1NC(=O)COC(=O)c1ccccc1SC(F)F. The zero-order valence-electron chi connectivity index (χ0n) is 12.0. The van der Waals surface area contributed by atoms with E-state index in [-0.39, 0.29) is 22.2 Å². The van der Waals surface area contributed by atoms with Crippen molar-refractivity contribution in [2.24, 2.45) is 0 Å². The van der Waals surface area contributed by atoms with Gasteiger partial charge >= 0.3 is 5.97 Å². The lowest BCUT2D eigenvalue weighted by Crippen LogP contribution is -2.21. The molecule has 0 saturated carbocycles. The zero-order valence-corrected chi connectivity index (χ0v) is 13.6. The van der Waals surface area contributed by atoms with Crippen molar-refractivity contribution in [3.63, 3.8) is 0 Å². The molecule has 0 aliphatic carbocycles. The Morgan fingerprint density at radius 2 is 2.08 bits per heavy atom. The first-order valence-corrected chi connectivity index (χ1v) is 8.25. The van der Waals surface area contributed by atoms with Crippen LogP contribution in [0.5, 0.6) is 0 Å². The van der Waals surface area contributed by atoms with Crippen LogP contribution in [0.3, 0.4) is 0 Å². The molecule has 1 N–H and O–H groups in total. The Balaban J connectivity index is 1.96. The number of nitrogens with zero attached hydrogens (tertiary/aromatic N) is 1. The van der Waals surface area contributed by atoms with E-state index in [1.165, 1.54) is 24.3 Å². The number of amides is 1. The lowest BCUT2D eigenvalue weighted by molar-refractivity contribution is -0.119. The highest BCUT2D eigenvalue weighted by Crippen LogP contribution is 2.28. The summed E-state index contributed by atoms with van der Waals surface area (Å²) in [6.45, 7) is -0.588. The third-order valence-electron chi connectivity index (χ3n) is 2.70. The van der Waals surface area contributed by atoms with E-state index in [1.807, 2.05) is 6.07 Å². The van der Waals surface area contributed by atoms with Gasteiger partial charge in [0.25, 0.3) is 11.7 Å². The molecule has 2 rings (SSSR count). The predicted molar refractivity (Wildman–Crippen MR) is 86.2 cm³/mol. The number of thioether (sulfide) groups is 1. The van der Waals surface area contributed by atoms with Crippen LogP contribution < -0.4 is 5.32 Å². The van der Waals surface area contributed by atoms with Gasteiger partial charge < -0.3 is 10.1 Å². The minimum atomic E-state index is -2.68. The maximum atomic E-state index is 12.5. The van der Waals surface area contributed by atoms with E-state index >= 15 is 0 Å². The van der Waals surface area contributed by atoms with Crippen molar-refractivity contribution in [3.8, 4) is 6.07 Å². The molecular weight excluding hydrogens is 358 g/mol. The Morgan fingerprint density at radius 1 is 1.33 bits per heavy atom. The summed E-state index contributed by atoms with van der Waals surface area (Å²) < 4.78 is 29.8. The molecule has 0 aliphatic rings. The van der Waals surface area contributed by atoms with Gasteiger partial charge in [-0.2, -0.15) is 14.0 Å². The standard InChI is InChI=1S/C15H10F2N2O3S2/c16-15(17)24-11-4-2-1-3-10(11)14(21)22-8-12(20)19-13-9(7-18)5-6-23-13/h1-6,15H,8H2,(H,19,20). The molecule has 0 unspecified atom stereocenters. The van der Waals surface area contributed by atoms with Crippen LogP contribution in [0.2, 0.25) is 0 Å². The van der Waals surface area contributed by atoms with Gasteiger partial charge in [0.05, 0.1) is 11.1 Å². The molecule has 0 aliphatic heterocycles. The number of carbonyl (C=O) groups is 2. The highest BCUT2D eigenvalue weighted by atomic mass is 32.2. The van der Waals surface area contributed by atoms with E-state index in [2.05, 4.69) is 5.32 Å². The molecule has 0 saturated heterocycles. The molecule has 124 valence electrons. The quantitative estimate of drug-likeness (QED) is 0.621. The molecule has 0 bridgehead atoms. The second-order valence-corrected chi connectivity index (χ2v) is 6.22. The normalized spacial score (nSPS) is 10.2. The summed E-state index contributed by atoms with van der Waals surface area (Å²) in [5.41, 5.74) is 0.266. The highest BCUT2D eigenvalue weighted by molar-refractivity contribution is 7.99. The van der Waals surface area contributed by atoms with E-state index < -0.39 is 24.2 Å². The minimum Gasteiger partial charge on any atom is -0.452 e. The Labute approximate surface area is 144 Å². The van der Waals surface area contributed by atoms with E-state index in [0.717, 1.165) is 11.3 Å². The largest absolute Gasteiger partial charge is 0.452 e. The number of anilines is 1. The maximum absolute atomic E-state index is 12.5. The molecule has 24 heavy (non-hydrogen) atoms. The van der Waals surface area contributed by atoms with Crippen LogP contribution in [0.15, 0.2) is 40.6 Å². The van der Waals surface area contributed by atoms with Gasteiger partial charge in [-0.25, -0.2) is 4.79 Å². The molecule has 0 radical (unpaired) electrons. The van der Waals surface area contributed by atoms with Crippen molar-refractivity contribution in [2.45, 2.75) is 10.7 Å². The molecule has 1 aromatic heterocycles. The van der Waals surface area contributed by atoms with Crippen LogP contribution in [-0.4, -0.2) is 24.2 Å². The Bertz CT molecular complexity index is 787. The molecule has 1 heterocycles. The molecule has 5 nitrogen and oxygen atoms in total. The van der Waals surface area contributed by atoms with Crippen molar-refractivity contribution in [2.75, 3.05) is 11.9 Å². The molecule has 0 spiro atoms. The number of halogens is 2. The monoisotopic (exact) mass is 368 g/mol. The third-order valence-corrected chi connectivity index (χ3v) is 4.31. The van der Waals surface area contributed by atoms with E-state index in [0.29, 0.717) is 10.6 Å². The summed E-state index contributed by atoms with van der Waals surface area (Å²) >= 11 is 1.39. The lowest BCUT2D eigenvalue weighted by atomic mass is 10.2. The molecular formula is C15H10F2N2O3S2. The van der Waals surface area contributed by atoms with Gasteiger partial charge in [0.2, 0.25) is 0 Å². The topological polar surface area (TPSA) is 79.2 Å². The van der Waals surface area contributed by atoms with E-state index in [1.54, 1.807) is 11.4 Å². The maximum Gasteiger partial charge on any atom is 0.339 e.